The van der Waals surface area contributed by atoms with Crippen LogP contribution in [0.2, 0.25) is 0 Å². The van der Waals surface area contributed by atoms with Crippen molar-refractivity contribution in [3.8, 4) is 6.19 Å². The van der Waals surface area contributed by atoms with Crippen molar-refractivity contribution >= 4 is 5.97 Å². The fourth-order valence-electron chi connectivity index (χ4n) is 2.44. The number of hydrogen-bond acceptors (Lipinski definition) is 4. The van der Waals surface area contributed by atoms with E-state index < -0.39 is 5.97 Å². The number of carbonyl (C=O) groups is 1. The van der Waals surface area contributed by atoms with E-state index in [1.807, 2.05) is 0 Å². The molecule has 0 amide bonds. The second-order valence-electron chi connectivity index (χ2n) is 5.94. The average Bonchev–Trinajstić information content (AvgIpc) is 2.48. The van der Waals surface area contributed by atoms with E-state index in [-0.39, 0.29) is 12.5 Å². The lowest BCUT2D eigenvalue weighted by molar-refractivity contribution is -0.137. The van der Waals surface area contributed by atoms with Crippen molar-refractivity contribution in [2.45, 2.75) is 83.7 Å². The zero-order valence-electron chi connectivity index (χ0n) is 14.0. The normalized spacial score (nSPS) is 11.9. The number of aliphatic hydroxyl groups excluding tert-OH is 1. The van der Waals surface area contributed by atoms with Crippen LogP contribution in [0.25, 0.3) is 0 Å². The quantitative estimate of drug-likeness (QED) is 0.274. The third-order valence-electron chi connectivity index (χ3n) is 3.82. The molecule has 2 N–H and O–H groups in total. The highest BCUT2D eigenvalue weighted by molar-refractivity contribution is 5.66. The summed E-state index contributed by atoms with van der Waals surface area (Å²) in [5.41, 5.74) is 0. The van der Waals surface area contributed by atoms with Gasteiger partial charge < -0.3 is 15.1 Å². The molecule has 0 spiro atoms. The molecule has 0 aliphatic heterocycles. The number of hydrogen-bond donors (Lipinski definition) is 2. The van der Waals surface area contributed by atoms with E-state index in [9.17, 15) is 9.90 Å². The predicted octanol–water partition coefficient (Wildman–Crippen LogP) is 3.53. The first-order valence-electron chi connectivity index (χ1n) is 8.64. The van der Waals surface area contributed by atoms with Gasteiger partial charge in [-0.3, -0.25) is 4.79 Å². The Morgan fingerprint density at radius 1 is 1.05 bits per heavy atom. The van der Waals surface area contributed by atoms with E-state index in [2.05, 4.69) is 13.1 Å². The maximum absolute atomic E-state index is 10.4. The van der Waals surface area contributed by atoms with Gasteiger partial charge in [-0.25, -0.2) is 0 Å². The van der Waals surface area contributed by atoms with Crippen molar-refractivity contribution < 1.29 is 15.0 Å². The van der Waals surface area contributed by atoms with Crippen LogP contribution in [0, 0.1) is 11.5 Å². The van der Waals surface area contributed by atoms with Gasteiger partial charge in [-0.15, -0.1) is 0 Å². The summed E-state index contributed by atoms with van der Waals surface area (Å²) >= 11 is 0. The van der Waals surface area contributed by atoms with E-state index in [4.69, 9.17) is 10.4 Å². The molecule has 0 aliphatic rings. The first-order chi connectivity index (χ1) is 10.6. The minimum atomic E-state index is -0.740. The Bertz CT molecular complexity index is 316. The fraction of sp³-hybridized carbons (Fsp3) is 0.882. The molecule has 0 aliphatic carbocycles. The van der Waals surface area contributed by atoms with E-state index in [1.165, 1.54) is 12.8 Å². The summed E-state index contributed by atoms with van der Waals surface area (Å²) in [6.07, 6.45) is 11.6. The highest BCUT2D eigenvalue weighted by Crippen LogP contribution is 2.09. The molecule has 5 nitrogen and oxygen atoms in total. The first kappa shape index (κ1) is 20.7. The van der Waals surface area contributed by atoms with Gasteiger partial charge in [0.1, 0.15) is 0 Å². The van der Waals surface area contributed by atoms with E-state index in [0.717, 1.165) is 51.5 Å². The summed E-state index contributed by atoms with van der Waals surface area (Å²) in [6, 6.07) is 0. The molecule has 0 saturated heterocycles. The molecular weight excluding hydrogens is 280 g/mol. The molecule has 0 radical (unpaired) electrons. The summed E-state index contributed by atoms with van der Waals surface area (Å²) in [5, 5.41) is 27.4. The summed E-state index contributed by atoms with van der Waals surface area (Å²) in [6.45, 7) is 3.59. The Morgan fingerprint density at radius 2 is 1.68 bits per heavy atom. The first-order valence-corrected chi connectivity index (χ1v) is 8.64. The monoisotopic (exact) mass is 312 g/mol. The van der Waals surface area contributed by atoms with Gasteiger partial charge in [0, 0.05) is 19.5 Å². The standard InChI is InChI=1S/C17H32N2O3/c1-2-3-6-10-16(20)11-9-14-19(15-18)13-8-5-4-7-12-17(21)22/h16,20H,2-14H2,1H3,(H,21,22)/t16-/m1/s1. The highest BCUT2D eigenvalue weighted by atomic mass is 16.4. The van der Waals surface area contributed by atoms with Gasteiger partial charge in [0.05, 0.1) is 6.10 Å². The molecule has 1 atom stereocenters. The topological polar surface area (TPSA) is 84.6 Å². The van der Waals surface area contributed by atoms with Crippen molar-refractivity contribution in [1.29, 1.82) is 5.26 Å². The van der Waals surface area contributed by atoms with Gasteiger partial charge >= 0.3 is 5.97 Å². The Morgan fingerprint density at radius 3 is 2.32 bits per heavy atom. The molecule has 0 aromatic heterocycles. The Balaban J connectivity index is 3.54. The van der Waals surface area contributed by atoms with E-state index >= 15 is 0 Å². The highest BCUT2D eigenvalue weighted by Gasteiger charge is 2.06. The minimum Gasteiger partial charge on any atom is -0.481 e. The molecule has 5 heteroatoms. The smallest absolute Gasteiger partial charge is 0.303 e. The minimum absolute atomic E-state index is 0.233. The van der Waals surface area contributed by atoms with Crippen LogP contribution in [0.15, 0.2) is 0 Å². The third kappa shape index (κ3) is 13.7. The van der Waals surface area contributed by atoms with Gasteiger partial charge in [0.25, 0.3) is 0 Å². The van der Waals surface area contributed by atoms with Crippen molar-refractivity contribution in [2.75, 3.05) is 13.1 Å². The molecule has 0 heterocycles. The van der Waals surface area contributed by atoms with Crippen LogP contribution in [-0.4, -0.2) is 40.3 Å². The summed E-state index contributed by atoms with van der Waals surface area (Å²) in [7, 11) is 0. The maximum Gasteiger partial charge on any atom is 0.303 e. The molecule has 0 fully saturated rings. The van der Waals surface area contributed by atoms with Crippen molar-refractivity contribution in [3.05, 3.63) is 0 Å². The third-order valence-corrected chi connectivity index (χ3v) is 3.82. The van der Waals surface area contributed by atoms with Gasteiger partial charge in [-0.05, 0) is 32.1 Å². The largest absolute Gasteiger partial charge is 0.481 e. The van der Waals surface area contributed by atoms with Crippen molar-refractivity contribution in [1.82, 2.24) is 4.90 Å². The molecule has 0 rings (SSSR count). The zero-order chi connectivity index (χ0) is 16.6. The number of carboxylic acid groups (broad SMARTS) is 1. The SMILES string of the molecule is CCCCC[C@@H](O)CCCN(C#N)CCCCCCC(=O)O. The zero-order valence-corrected chi connectivity index (χ0v) is 14.0. The van der Waals surface area contributed by atoms with Crippen LogP contribution in [0.4, 0.5) is 0 Å². The maximum atomic E-state index is 10.4. The van der Waals surface area contributed by atoms with Crippen LogP contribution in [-0.2, 0) is 4.79 Å². The summed E-state index contributed by atoms with van der Waals surface area (Å²) in [5.74, 6) is -0.740. The lowest BCUT2D eigenvalue weighted by Gasteiger charge is -2.16. The molecule has 0 saturated carbocycles. The van der Waals surface area contributed by atoms with Crippen LogP contribution < -0.4 is 0 Å². The molecule has 0 bridgehead atoms. The number of carboxylic acids is 1. The lowest BCUT2D eigenvalue weighted by Crippen LogP contribution is -2.21. The predicted molar refractivity (Wildman–Crippen MR) is 87.3 cm³/mol. The fourth-order valence-corrected chi connectivity index (χ4v) is 2.44. The van der Waals surface area contributed by atoms with Crippen LogP contribution in [0.1, 0.15) is 77.6 Å². The van der Waals surface area contributed by atoms with Crippen LogP contribution >= 0.6 is 0 Å². The van der Waals surface area contributed by atoms with Crippen LogP contribution in [0.3, 0.4) is 0 Å². The molecule has 0 aromatic rings. The number of unbranched alkanes of at least 4 members (excludes halogenated alkanes) is 5. The molecular formula is C17H32N2O3. The van der Waals surface area contributed by atoms with E-state index in [0.29, 0.717) is 13.0 Å². The van der Waals surface area contributed by atoms with E-state index in [1.54, 1.807) is 4.90 Å². The van der Waals surface area contributed by atoms with Crippen LogP contribution in [0.5, 0.6) is 0 Å². The number of nitrogens with zero attached hydrogens (tertiary/aromatic N) is 2. The number of aliphatic carboxylic acids is 1. The van der Waals surface area contributed by atoms with Gasteiger partial charge in [-0.2, -0.15) is 5.26 Å². The van der Waals surface area contributed by atoms with Crippen molar-refractivity contribution in [2.24, 2.45) is 0 Å². The van der Waals surface area contributed by atoms with Gasteiger partial charge in [-0.1, -0.05) is 39.0 Å². The number of aliphatic hydroxyl groups is 1. The van der Waals surface area contributed by atoms with Crippen molar-refractivity contribution in [3.63, 3.8) is 0 Å². The second-order valence-corrected chi connectivity index (χ2v) is 5.94. The summed E-state index contributed by atoms with van der Waals surface area (Å²) < 4.78 is 0. The lowest BCUT2D eigenvalue weighted by atomic mass is 10.1. The Hall–Kier alpha value is -1.28. The molecule has 22 heavy (non-hydrogen) atoms. The average molecular weight is 312 g/mol. The molecule has 0 aromatic carbocycles. The Kier molecular flexibility index (Phi) is 13.8. The second kappa shape index (κ2) is 14.6. The molecule has 128 valence electrons. The Labute approximate surface area is 134 Å². The number of nitriles is 1. The summed E-state index contributed by atoms with van der Waals surface area (Å²) in [4.78, 5) is 12.1. The van der Waals surface area contributed by atoms with Gasteiger partial charge in [0.2, 0.25) is 0 Å². The number of rotatable bonds is 15. The molecule has 0 unspecified atom stereocenters. The van der Waals surface area contributed by atoms with Gasteiger partial charge in [0.15, 0.2) is 6.19 Å².